The Morgan fingerprint density at radius 3 is 2.57 bits per heavy atom. The highest BCUT2D eigenvalue weighted by Gasteiger charge is 2.45. The summed E-state index contributed by atoms with van der Waals surface area (Å²) in [6.07, 6.45) is -0.168. The summed E-state index contributed by atoms with van der Waals surface area (Å²) in [5.74, 6) is -0.411. The van der Waals surface area contributed by atoms with Crippen molar-refractivity contribution < 1.29 is 34.0 Å². The molecule has 0 saturated carbocycles. The first-order chi connectivity index (χ1) is 14.5. The van der Waals surface area contributed by atoms with Crippen molar-refractivity contribution in [1.29, 1.82) is 0 Å². The van der Waals surface area contributed by atoms with Crippen molar-refractivity contribution in [1.82, 2.24) is 4.98 Å². The molecule has 0 bridgehead atoms. The number of hydrogen-bond acceptors (Lipinski definition) is 8. The van der Waals surface area contributed by atoms with Gasteiger partial charge < -0.3 is 29.2 Å². The average Bonchev–Trinajstić information content (AvgIpc) is 2.79. The zero-order valence-corrected chi connectivity index (χ0v) is 16.8. The minimum Gasteiger partial charge on any atom is -0.464 e. The fraction of sp³-hybridized carbons (Fsp3) is 0.364. The summed E-state index contributed by atoms with van der Waals surface area (Å²) in [7, 11) is 2.78. The summed E-state index contributed by atoms with van der Waals surface area (Å²) in [5, 5.41) is 20.2. The normalized spacial score (nSPS) is 26.1. The molecule has 1 fully saturated rings. The maximum Gasteiger partial charge on any atom is 0.356 e. The molecule has 0 radical (unpaired) electrons. The Kier molecular flexibility index (Phi) is 7.17. The summed E-state index contributed by atoms with van der Waals surface area (Å²) in [4.78, 5) is 15.7. The van der Waals surface area contributed by atoms with E-state index in [0.29, 0.717) is 5.75 Å². The van der Waals surface area contributed by atoms with E-state index in [1.54, 1.807) is 30.3 Å². The predicted molar refractivity (Wildman–Crippen MR) is 108 cm³/mol. The second-order valence-electron chi connectivity index (χ2n) is 6.79. The zero-order chi connectivity index (χ0) is 21.7. The Labute approximate surface area is 174 Å². The molecule has 1 saturated heterocycles. The summed E-state index contributed by atoms with van der Waals surface area (Å²) in [5.41, 5.74) is 1.85. The van der Waals surface area contributed by atoms with Crippen molar-refractivity contribution in [3.8, 4) is 16.9 Å². The van der Waals surface area contributed by atoms with Crippen LogP contribution in [0.25, 0.3) is 11.1 Å². The topological polar surface area (TPSA) is 107 Å². The molecule has 1 aliphatic rings. The van der Waals surface area contributed by atoms with Crippen molar-refractivity contribution >= 4 is 5.97 Å². The van der Waals surface area contributed by atoms with Gasteiger partial charge in [-0.25, -0.2) is 9.78 Å². The second kappa shape index (κ2) is 9.82. The van der Waals surface area contributed by atoms with Gasteiger partial charge in [-0.2, -0.15) is 0 Å². The zero-order valence-electron chi connectivity index (χ0n) is 16.8. The number of benzene rings is 1. The van der Waals surface area contributed by atoms with E-state index in [1.165, 1.54) is 20.4 Å². The number of carbonyl (C=O) groups excluding carboxylic acids is 1. The Bertz CT molecular complexity index is 870. The summed E-state index contributed by atoms with van der Waals surface area (Å²) < 4.78 is 21.6. The highest BCUT2D eigenvalue weighted by atomic mass is 16.7. The summed E-state index contributed by atoms with van der Waals surface area (Å²) in [6.45, 7) is 3.47. The van der Waals surface area contributed by atoms with Gasteiger partial charge in [0.1, 0.15) is 17.5 Å². The molecule has 1 aromatic heterocycles. The SMILES string of the molecule is C=CC1C(CO)OC(Oc2ccc(-c3ccnc(C(=O)OC)c3)cc2)C(O)C1OC. The van der Waals surface area contributed by atoms with E-state index >= 15 is 0 Å². The van der Waals surface area contributed by atoms with Gasteiger partial charge >= 0.3 is 5.97 Å². The third-order valence-corrected chi connectivity index (χ3v) is 5.05. The summed E-state index contributed by atoms with van der Waals surface area (Å²) >= 11 is 0. The smallest absolute Gasteiger partial charge is 0.356 e. The molecule has 8 heteroatoms. The fourth-order valence-corrected chi connectivity index (χ4v) is 3.47. The summed E-state index contributed by atoms with van der Waals surface area (Å²) in [6, 6.07) is 10.5. The fourth-order valence-electron chi connectivity index (χ4n) is 3.47. The molecule has 0 aliphatic carbocycles. The van der Waals surface area contributed by atoms with Gasteiger partial charge in [0.25, 0.3) is 0 Å². The van der Waals surface area contributed by atoms with Crippen molar-refractivity contribution in [2.45, 2.75) is 24.6 Å². The van der Waals surface area contributed by atoms with Crippen LogP contribution in [0.15, 0.2) is 55.3 Å². The minimum atomic E-state index is -1.07. The van der Waals surface area contributed by atoms with E-state index in [9.17, 15) is 15.0 Å². The molecular weight excluding hydrogens is 390 g/mol. The van der Waals surface area contributed by atoms with Crippen molar-refractivity contribution in [3.05, 3.63) is 60.9 Å². The molecule has 2 N–H and O–H groups in total. The Morgan fingerprint density at radius 2 is 1.97 bits per heavy atom. The largest absolute Gasteiger partial charge is 0.464 e. The molecule has 3 rings (SSSR count). The molecule has 2 heterocycles. The Balaban J connectivity index is 1.75. The van der Waals surface area contributed by atoms with Gasteiger partial charge in [0.15, 0.2) is 0 Å². The van der Waals surface area contributed by atoms with Gasteiger partial charge in [-0.05, 0) is 35.4 Å². The molecule has 1 aliphatic heterocycles. The number of esters is 1. The minimum absolute atomic E-state index is 0.214. The molecule has 1 aromatic carbocycles. The van der Waals surface area contributed by atoms with Gasteiger partial charge in [-0.3, -0.25) is 0 Å². The second-order valence-corrected chi connectivity index (χ2v) is 6.79. The van der Waals surface area contributed by atoms with E-state index in [0.717, 1.165) is 11.1 Å². The third kappa shape index (κ3) is 4.52. The highest BCUT2D eigenvalue weighted by Crippen LogP contribution is 2.31. The molecule has 5 unspecified atom stereocenters. The molecule has 0 spiro atoms. The van der Waals surface area contributed by atoms with E-state index < -0.39 is 30.6 Å². The monoisotopic (exact) mass is 415 g/mol. The number of aliphatic hydroxyl groups is 2. The molecular formula is C22H25NO7. The first kappa shape index (κ1) is 21.9. The predicted octanol–water partition coefficient (Wildman–Crippen LogP) is 1.81. The lowest BCUT2D eigenvalue weighted by molar-refractivity contribution is -0.260. The van der Waals surface area contributed by atoms with E-state index in [2.05, 4.69) is 11.6 Å². The number of hydrogen-bond donors (Lipinski definition) is 2. The van der Waals surface area contributed by atoms with Gasteiger partial charge in [0.2, 0.25) is 6.29 Å². The molecule has 8 nitrogen and oxygen atoms in total. The van der Waals surface area contributed by atoms with Crippen molar-refractivity contribution in [2.24, 2.45) is 5.92 Å². The van der Waals surface area contributed by atoms with Gasteiger partial charge in [0, 0.05) is 19.2 Å². The molecule has 160 valence electrons. The van der Waals surface area contributed by atoms with E-state index in [1.807, 2.05) is 12.1 Å². The number of rotatable bonds is 7. The maximum atomic E-state index is 11.7. The molecule has 5 atom stereocenters. The average molecular weight is 415 g/mol. The van der Waals surface area contributed by atoms with Gasteiger partial charge in [0.05, 0.1) is 25.9 Å². The van der Waals surface area contributed by atoms with Crippen molar-refractivity contribution in [2.75, 3.05) is 20.8 Å². The number of methoxy groups -OCH3 is 2. The van der Waals surface area contributed by atoms with Gasteiger partial charge in [-0.15, -0.1) is 6.58 Å². The number of carbonyl (C=O) groups is 1. The van der Waals surface area contributed by atoms with Crippen LogP contribution >= 0.6 is 0 Å². The van der Waals surface area contributed by atoms with Crippen LogP contribution in [0.4, 0.5) is 0 Å². The molecule has 2 aromatic rings. The number of nitrogens with zero attached hydrogens (tertiary/aromatic N) is 1. The number of pyridine rings is 1. The highest BCUT2D eigenvalue weighted by molar-refractivity contribution is 5.88. The molecule has 30 heavy (non-hydrogen) atoms. The first-order valence-electron chi connectivity index (χ1n) is 9.43. The lowest BCUT2D eigenvalue weighted by Crippen LogP contribution is -2.57. The first-order valence-corrected chi connectivity index (χ1v) is 9.43. The Hall–Kier alpha value is -2.78. The standard InChI is InChI=1S/C22H25NO7/c1-4-16-18(12-24)30-22(19(25)20(16)27-2)29-15-7-5-13(6-8-15)14-9-10-23-17(11-14)21(26)28-3/h4-11,16,18-20,22,24-25H,1,12H2,2-3H3. The van der Waals surface area contributed by atoms with Crippen LogP contribution in [0.1, 0.15) is 10.5 Å². The van der Waals surface area contributed by atoms with Crippen LogP contribution in [-0.4, -0.2) is 66.6 Å². The van der Waals surface area contributed by atoms with Crippen LogP contribution < -0.4 is 4.74 Å². The van der Waals surface area contributed by atoms with Crippen LogP contribution in [-0.2, 0) is 14.2 Å². The number of ether oxygens (including phenoxy) is 4. The number of aromatic nitrogens is 1. The van der Waals surface area contributed by atoms with Crippen LogP contribution in [0.5, 0.6) is 5.75 Å². The van der Waals surface area contributed by atoms with Crippen molar-refractivity contribution in [3.63, 3.8) is 0 Å². The third-order valence-electron chi connectivity index (χ3n) is 5.05. The molecule has 0 amide bonds. The lowest BCUT2D eigenvalue weighted by Gasteiger charge is -2.42. The van der Waals surface area contributed by atoms with E-state index in [4.69, 9.17) is 18.9 Å². The van der Waals surface area contributed by atoms with Gasteiger partial charge in [-0.1, -0.05) is 18.2 Å². The number of aliphatic hydroxyl groups excluding tert-OH is 2. The quantitative estimate of drug-likeness (QED) is 0.521. The van der Waals surface area contributed by atoms with E-state index in [-0.39, 0.29) is 18.2 Å². The maximum absolute atomic E-state index is 11.7. The lowest BCUT2D eigenvalue weighted by atomic mass is 9.89. The van der Waals surface area contributed by atoms with Crippen LogP contribution in [0.2, 0.25) is 0 Å². The van der Waals surface area contributed by atoms with Crippen LogP contribution in [0.3, 0.4) is 0 Å². The Morgan fingerprint density at radius 1 is 1.23 bits per heavy atom. The van der Waals surface area contributed by atoms with Crippen LogP contribution in [0, 0.1) is 5.92 Å².